The minimum Gasteiger partial charge on any atom is -0.424 e. The molecule has 0 aliphatic carbocycles. The van der Waals surface area contributed by atoms with Gasteiger partial charge < -0.3 is 14.4 Å². The van der Waals surface area contributed by atoms with Crippen molar-refractivity contribution in [3.63, 3.8) is 0 Å². The lowest BCUT2D eigenvalue weighted by Crippen LogP contribution is -2.52. The Labute approximate surface area is 179 Å². The molecular weight excluding hydrogens is 462 g/mol. The number of benzene rings is 1. The van der Waals surface area contributed by atoms with E-state index in [1.807, 2.05) is 0 Å². The predicted octanol–water partition coefficient (Wildman–Crippen LogP) is 2.21. The summed E-state index contributed by atoms with van der Waals surface area (Å²) in [5, 5.41) is 10.3. The molecule has 1 N–H and O–H groups in total. The second-order valence-electron chi connectivity index (χ2n) is 7.11. The van der Waals surface area contributed by atoms with E-state index in [9.17, 15) is 27.9 Å². The zero-order chi connectivity index (χ0) is 22.4. The van der Waals surface area contributed by atoms with Gasteiger partial charge in [0.2, 0.25) is 5.91 Å². The summed E-state index contributed by atoms with van der Waals surface area (Å²) in [5.41, 5.74) is -2.16. The van der Waals surface area contributed by atoms with E-state index < -0.39 is 62.0 Å². The van der Waals surface area contributed by atoms with Gasteiger partial charge in [-0.05, 0) is 12.1 Å². The quantitative estimate of drug-likeness (QED) is 0.508. The molecule has 5 atom stereocenters. The van der Waals surface area contributed by atoms with Gasteiger partial charge in [0.05, 0.1) is 19.6 Å². The molecule has 3 aliphatic heterocycles. The van der Waals surface area contributed by atoms with Gasteiger partial charge in [-0.15, -0.1) is 0 Å². The number of aliphatic hydroxyl groups is 1. The molecule has 8 nitrogen and oxygen atoms in total. The van der Waals surface area contributed by atoms with Gasteiger partial charge >= 0.3 is 6.72 Å². The molecule has 4 rings (SSSR count). The number of amides is 1. The fraction of sp³-hybridized carbons (Fsp3) is 0.444. The molecule has 0 saturated carbocycles. The maximum Gasteiger partial charge on any atom is 0.381 e. The number of carbonyl (C=O) groups excluding carboxylic acids is 2. The van der Waals surface area contributed by atoms with Crippen LogP contribution in [0, 0.1) is 0 Å². The Balaban J connectivity index is 1.54. The normalized spacial score (nSPS) is 35.4. The van der Waals surface area contributed by atoms with Crippen molar-refractivity contribution in [2.45, 2.75) is 43.6 Å². The molecule has 1 aromatic rings. The summed E-state index contributed by atoms with van der Waals surface area (Å²) in [5.74, 6) is -1.00. The Morgan fingerprint density at radius 2 is 2.10 bits per heavy atom. The number of para-hydroxylation sites is 1. The number of ether oxygens (including phenoxy) is 1. The third kappa shape index (κ3) is 4.04. The summed E-state index contributed by atoms with van der Waals surface area (Å²) in [6.07, 6.45) is -8.67. The maximum absolute atomic E-state index is 14.8. The molecule has 13 heteroatoms. The van der Waals surface area contributed by atoms with Crippen LogP contribution in [0.5, 0.6) is 5.75 Å². The summed E-state index contributed by atoms with van der Waals surface area (Å²) < 4.78 is 64.3. The van der Waals surface area contributed by atoms with Crippen molar-refractivity contribution < 1.29 is 46.2 Å². The van der Waals surface area contributed by atoms with Crippen LogP contribution in [0.1, 0.15) is 12.0 Å². The number of nitrogens with zero attached hydrogens (tertiary/aromatic N) is 1. The Bertz CT molecular complexity index is 979. The van der Waals surface area contributed by atoms with E-state index in [2.05, 4.69) is 0 Å². The highest BCUT2D eigenvalue weighted by atomic mass is 32.5. The number of hydrogen-bond donors (Lipinski definition) is 1. The van der Waals surface area contributed by atoms with Crippen LogP contribution >= 0.6 is 6.72 Å². The Kier molecular flexibility index (Phi) is 5.97. The monoisotopic (exact) mass is 479 g/mol. The number of allylic oxidation sites excluding steroid dienone is 1. The average molecular weight is 479 g/mol. The van der Waals surface area contributed by atoms with Gasteiger partial charge in [0.1, 0.15) is 11.9 Å². The molecule has 1 unspecified atom stereocenters. The van der Waals surface area contributed by atoms with Crippen molar-refractivity contribution in [2.24, 2.45) is 0 Å². The lowest BCUT2D eigenvalue weighted by Gasteiger charge is -2.35. The molecule has 1 saturated heterocycles. The third-order valence-electron chi connectivity index (χ3n) is 5.10. The maximum atomic E-state index is 14.8. The Morgan fingerprint density at radius 1 is 1.35 bits per heavy atom. The van der Waals surface area contributed by atoms with Crippen LogP contribution in [-0.2, 0) is 41.8 Å². The summed E-state index contributed by atoms with van der Waals surface area (Å²) in [4.78, 5) is 24.0. The first-order valence-corrected chi connectivity index (χ1v) is 11.7. The van der Waals surface area contributed by atoms with Gasteiger partial charge in [-0.2, -0.15) is 0 Å². The first-order chi connectivity index (χ1) is 14.7. The van der Waals surface area contributed by atoms with Crippen LogP contribution < -0.4 is 4.52 Å². The standard InChI is InChI=1S/C18H17F3NO7PS/c19-14-15(25)18(17(20)21,28-16(14)22-6-5-11(23)7-13(22)24)9-27-30(31)26-8-10-3-1-2-4-12(10)29-30/h1-6,14-17,25H,7-9H2/t14-,15-,16+,18+,30?/m0/s1. The van der Waals surface area contributed by atoms with Crippen LogP contribution in [0.15, 0.2) is 36.5 Å². The number of carbonyl (C=O) groups is 2. The molecule has 3 aliphatic rings. The molecule has 1 fully saturated rings. The highest BCUT2D eigenvalue weighted by Gasteiger charge is 2.63. The zero-order valence-corrected chi connectivity index (χ0v) is 17.4. The molecular formula is C18H17F3NO7PS. The molecule has 168 valence electrons. The van der Waals surface area contributed by atoms with Gasteiger partial charge in [0.15, 0.2) is 23.8 Å². The van der Waals surface area contributed by atoms with Crippen molar-refractivity contribution in [3.8, 4) is 5.75 Å². The number of ketones is 1. The summed E-state index contributed by atoms with van der Waals surface area (Å²) in [6, 6.07) is 6.77. The molecule has 0 radical (unpaired) electrons. The molecule has 1 amide bonds. The van der Waals surface area contributed by atoms with Crippen molar-refractivity contribution >= 4 is 30.2 Å². The lowest BCUT2D eigenvalue weighted by atomic mass is 9.97. The van der Waals surface area contributed by atoms with Gasteiger partial charge in [-0.3, -0.25) is 23.5 Å². The molecule has 0 aromatic heterocycles. The van der Waals surface area contributed by atoms with Crippen molar-refractivity contribution in [2.75, 3.05) is 6.61 Å². The molecule has 3 heterocycles. The summed E-state index contributed by atoms with van der Waals surface area (Å²) >= 11 is 5.21. The molecule has 0 bridgehead atoms. The average Bonchev–Trinajstić information content (AvgIpc) is 2.98. The van der Waals surface area contributed by atoms with E-state index in [1.165, 1.54) is 0 Å². The van der Waals surface area contributed by atoms with Crippen LogP contribution in [0.2, 0.25) is 0 Å². The number of rotatable bonds is 5. The van der Waals surface area contributed by atoms with Gasteiger partial charge in [0.25, 0.3) is 6.43 Å². The second kappa shape index (κ2) is 8.27. The number of halogens is 3. The Morgan fingerprint density at radius 3 is 2.81 bits per heavy atom. The first kappa shape index (κ1) is 22.4. The van der Waals surface area contributed by atoms with E-state index in [-0.39, 0.29) is 6.61 Å². The SMILES string of the molecule is O=C1C=CN([C@@H]2O[C@@](COP3(=S)OCc4ccccc4O3)(C(F)F)[C@@H](O)[C@@H]2F)C(=O)C1. The lowest BCUT2D eigenvalue weighted by molar-refractivity contribution is -0.200. The van der Waals surface area contributed by atoms with Gasteiger partial charge in [-0.1, -0.05) is 18.2 Å². The number of alkyl halides is 3. The molecule has 1 aromatic carbocycles. The predicted molar refractivity (Wildman–Crippen MR) is 102 cm³/mol. The molecule has 0 spiro atoms. The zero-order valence-electron chi connectivity index (χ0n) is 15.7. The second-order valence-corrected chi connectivity index (χ2v) is 10.0. The Hall–Kier alpha value is -1.82. The fourth-order valence-electron chi connectivity index (χ4n) is 3.38. The number of fused-ring (bicyclic) bond motifs is 1. The minimum atomic E-state index is -3.55. The van der Waals surface area contributed by atoms with E-state index in [4.69, 9.17) is 30.1 Å². The fourth-order valence-corrected chi connectivity index (χ4v) is 5.19. The van der Waals surface area contributed by atoms with Crippen LogP contribution in [0.4, 0.5) is 13.2 Å². The first-order valence-electron chi connectivity index (χ1n) is 9.12. The van der Waals surface area contributed by atoms with E-state index >= 15 is 0 Å². The van der Waals surface area contributed by atoms with Gasteiger partial charge in [0, 0.05) is 23.6 Å². The van der Waals surface area contributed by atoms with E-state index in [0.29, 0.717) is 16.2 Å². The molecule has 31 heavy (non-hydrogen) atoms. The van der Waals surface area contributed by atoms with Gasteiger partial charge in [-0.25, -0.2) is 13.2 Å². The van der Waals surface area contributed by atoms with Crippen LogP contribution in [0.3, 0.4) is 0 Å². The van der Waals surface area contributed by atoms with Crippen molar-refractivity contribution in [1.82, 2.24) is 4.90 Å². The van der Waals surface area contributed by atoms with E-state index in [0.717, 1.165) is 12.3 Å². The van der Waals surface area contributed by atoms with Crippen LogP contribution in [-0.4, -0.2) is 58.8 Å². The third-order valence-corrected chi connectivity index (χ3v) is 7.27. The highest BCUT2D eigenvalue weighted by molar-refractivity contribution is 8.07. The topological polar surface area (TPSA) is 94.5 Å². The smallest absolute Gasteiger partial charge is 0.381 e. The number of hydrogen-bond acceptors (Lipinski definition) is 8. The van der Waals surface area contributed by atoms with Crippen molar-refractivity contribution in [3.05, 3.63) is 42.1 Å². The highest BCUT2D eigenvalue weighted by Crippen LogP contribution is 2.56. The minimum absolute atomic E-state index is 0.0218. The van der Waals surface area contributed by atoms with E-state index in [1.54, 1.807) is 24.3 Å². The largest absolute Gasteiger partial charge is 0.424 e. The van der Waals surface area contributed by atoms with Crippen molar-refractivity contribution in [1.29, 1.82) is 0 Å². The number of aliphatic hydroxyl groups excluding tert-OH is 1. The summed E-state index contributed by atoms with van der Waals surface area (Å²) in [6.45, 7) is -4.58. The van der Waals surface area contributed by atoms with Crippen LogP contribution in [0.25, 0.3) is 0 Å². The summed E-state index contributed by atoms with van der Waals surface area (Å²) in [7, 11) is 0.